The summed E-state index contributed by atoms with van der Waals surface area (Å²) < 4.78 is 22.5. The Morgan fingerprint density at radius 1 is 1.44 bits per heavy atom. The molecule has 2 heterocycles. The summed E-state index contributed by atoms with van der Waals surface area (Å²) in [5, 5.41) is 5.44. The maximum absolute atomic E-state index is 13.7. The van der Waals surface area contributed by atoms with Crippen LogP contribution in [0.25, 0.3) is 10.9 Å². The molecule has 2 aromatic rings. The van der Waals surface area contributed by atoms with E-state index in [1.165, 1.54) is 6.07 Å². The lowest BCUT2D eigenvalue weighted by molar-refractivity contribution is -0.0368. The van der Waals surface area contributed by atoms with Crippen LogP contribution in [0, 0.1) is 9.52 Å². The average Bonchev–Trinajstić information content (AvgIpc) is 2.69. The van der Waals surface area contributed by atoms with Gasteiger partial charge in [-0.3, -0.25) is 0 Å². The van der Waals surface area contributed by atoms with E-state index < -0.39 is 0 Å². The van der Waals surface area contributed by atoms with E-state index in [2.05, 4.69) is 43.6 Å². The van der Waals surface area contributed by atoms with E-state index in [1.54, 1.807) is 6.07 Å². The highest BCUT2D eigenvalue weighted by molar-refractivity contribution is 14.1. The first-order valence-electron chi connectivity index (χ1n) is 5.81. The topological polar surface area (TPSA) is 27.1 Å². The van der Waals surface area contributed by atoms with Gasteiger partial charge in [-0.1, -0.05) is 0 Å². The fourth-order valence-corrected chi connectivity index (χ4v) is 3.24. The van der Waals surface area contributed by atoms with Gasteiger partial charge >= 0.3 is 0 Å². The van der Waals surface area contributed by atoms with Gasteiger partial charge in [-0.2, -0.15) is 5.10 Å². The second kappa shape index (κ2) is 5.05. The van der Waals surface area contributed by atoms with E-state index in [-0.39, 0.29) is 12.0 Å². The summed E-state index contributed by atoms with van der Waals surface area (Å²) in [5.74, 6) is -0.268. The van der Waals surface area contributed by atoms with Crippen LogP contribution in [-0.4, -0.2) is 16.4 Å². The monoisotopic (exact) mass is 424 g/mol. The lowest BCUT2D eigenvalue weighted by atomic mass is 10.2. The van der Waals surface area contributed by atoms with Crippen LogP contribution in [0.5, 0.6) is 0 Å². The van der Waals surface area contributed by atoms with Gasteiger partial charge in [0.25, 0.3) is 0 Å². The van der Waals surface area contributed by atoms with Gasteiger partial charge in [0.2, 0.25) is 0 Å². The van der Waals surface area contributed by atoms with Gasteiger partial charge in [0.05, 0.1) is 9.99 Å². The molecule has 1 unspecified atom stereocenters. The summed E-state index contributed by atoms with van der Waals surface area (Å²) in [7, 11) is 0. The van der Waals surface area contributed by atoms with Crippen molar-refractivity contribution in [1.29, 1.82) is 0 Å². The Bertz CT molecular complexity index is 595. The van der Waals surface area contributed by atoms with Crippen LogP contribution < -0.4 is 0 Å². The molecule has 0 spiro atoms. The molecular formula is C12H11BrFIN2O. The lowest BCUT2D eigenvalue weighted by Gasteiger charge is -2.23. The summed E-state index contributed by atoms with van der Waals surface area (Å²) in [6.45, 7) is 0.752. The first kappa shape index (κ1) is 12.8. The quantitative estimate of drug-likeness (QED) is 0.640. The number of aromatic nitrogens is 2. The van der Waals surface area contributed by atoms with Gasteiger partial charge < -0.3 is 4.74 Å². The molecule has 3 rings (SSSR count). The predicted molar refractivity (Wildman–Crippen MR) is 78.9 cm³/mol. The second-order valence-corrected chi connectivity index (χ2v) is 6.22. The zero-order valence-corrected chi connectivity index (χ0v) is 13.2. The van der Waals surface area contributed by atoms with E-state index in [9.17, 15) is 4.39 Å². The van der Waals surface area contributed by atoms with E-state index >= 15 is 0 Å². The summed E-state index contributed by atoms with van der Waals surface area (Å²) in [5.41, 5.74) is 0.798. The minimum Gasteiger partial charge on any atom is -0.356 e. The van der Waals surface area contributed by atoms with Crippen molar-refractivity contribution in [2.75, 3.05) is 6.61 Å². The molecule has 0 radical (unpaired) electrons. The largest absolute Gasteiger partial charge is 0.356 e. The number of ether oxygens (including phenoxy) is 1. The molecule has 1 aromatic heterocycles. The molecule has 1 atom stereocenters. The molecule has 18 heavy (non-hydrogen) atoms. The van der Waals surface area contributed by atoms with Crippen LogP contribution in [0.2, 0.25) is 0 Å². The van der Waals surface area contributed by atoms with Crippen LogP contribution in [-0.2, 0) is 4.74 Å². The van der Waals surface area contributed by atoms with Crippen molar-refractivity contribution in [1.82, 2.24) is 9.78 Å². The minimum absolute atomic E-state index is 0.0645. The highest BCUT2D eigenvalue weighted by Gasteiger charge is 2.21. The smallest absolute Gasteiger partial charge is 0.150 e. The molecular weight excluding hydrogens is 414 g/mol. The van der Waals surface area contributed by atoms with Crippen molar-refractivity contribution in [3.05, 3.63) is 26.1 Å². The fraction of sp³-hybridized carbons (Fsp3) is 0.417. The molecule has 1 saturated heterocycles. The van der Waals surface area contributed by atoms with Crippen LogP contribution >= 0.6 is 38.5 Å². The standard InChI is InChI=1S/C12H11BrFIN2O/c13-8-5-7-10(6-9(8)14)17(16-12(7)15)11-3-1-2-4-18-11/h5-6,11H,1-4H2. The van der Waals surface area contributed by atoms with Crippen molar-refractivity contribution in [3.63, 3.8) is 0 Å². The maximum atomic E-state index is 13.7. The Morgan fingerprint density at radius 3 is 3.00 bits per heavy atom. The SMILES string of the molecule is Fc1cc2c(cc1Br)c(I)nn2C1CCCCO1. The van der Waals surface area contributed by atoms with Gasteiger partial charge in [0.15, 0.2) is 6.23 Å². The third kappa shape index (κ3) is 2.18. The van der Waals surface area contributed by atoms with Crippen molar-refractivity contribution in [3.8, 4) is 0 Å². The molecule has 1 fully saturated rings. The average molecular weight is 425 g/mol. The number of rotatable bonds is 1. The maximum Gasteiger partial charge on any atom is 0.150 e. The first-order chi connectivity index (χ1) is 8.66. The molecule has 0 saturated carbocycles. The second-order valence-electron chi connectivity index (χ2n) is 4.34. The molecule has 3 nitrogen and oxygen atoms in total. The number of hydrogen-bond acceptors (Lipinski definition) is 2. The Morgan fingerprint density at radius 2 is 2.28 bits per heavy atom. The van der Waals surface area contributed by atoms with E-state index in [0.29, 0.717) is 4.47 Å². The van der Waals surface area contributed by atoms with E-state index in [4.69, 9.17) is 4.74 Å². The lowest BCUT2D eigenvalue weighted by Crippen LogP contribution is -2.19. The van der Waals surface area contributed by atoms with E-state index in [0.717, 1.165) is 40.5 Å². The van der Waals surface area contributed by atoms with Crippen LogP contribution in [0.1, 0.15) is 25.5 Å². The van der Waals surface area contributed by atoms with Crippen LogP contribution in [0.4, 0.5) is 4.39 Å². The van der Waals surface area contributed by atoms with Crippen molar-refractivity contribution in [2.45, 2.75) is 25.5 Å². The van der Waals surface area contributed by atoms with Gasteiger partial charge in [-0.15, -0.1) is 0 Å². The molecule has 96 valence electrons. The summed E-state index contributed by atoms with van der Waals surface area (Å²) in [6, 6.07) is 3.30. The third-order valence-corrected chi connectivity index (χ3v) is 4.54. The van der Waals surface area contributed by atoms with Crippen molar-refractivity contribution >= 4 is 49.4 Å². The number of halogens is 3. The van der Waals surface area contributed by atoms with Gasteiger partial charge in [0, 0.05) is 18.1 Å². The zero-order valence-electron chi connectivity index (χ0n) is 9.50. The Kier molecular flexibility index (Phi) is 3.59. The van der Waals surface area contributed by atoms with E-state index in [1.807, 2.05) is 4.68 Å². The molecule has 0 N–H and O–H groups in total. The molecule has 0 bridgehead atoms. The highest BCUT2D eigenvalue weighted by Crippen LogP contribution is 2.31. The minimum atomic E-state index is -0.268. The highest BCUT2D eigenvalue weighted by atomic mass is 127. The Hall–Kier alpha value is -0.210. The Labute approximate surface area is 126 Å². The van der Waals surface area contributed by atoms with Crippen molar-refractivity contribution in [2.24, 2.45) is 0 Å². The van der Waals surface area contributed by atoms with Crippen molar-refractivity contribution < 1.29 is 9.13 Å². The fourth-order valence-electron chi connectivity index (χ4n) is 2.23. The molecule has 1 aliphatic rings. The van der Waals surface area contributed by atoms with Crippen LogP contribution in [0.3, 0.4) is 0 Å². The predicted octanol–water partition coefficient (Wildman–Crippen LogP) is 4.24. The summed E-state index contributed by atoms with van der Waals surface area (Å²) in [4.78, 5) is 0. The third-order valence-electron chi connectivity index (χ3n) is 3.13. The Balaban J connectivity index is 2.14. The number of hydrogen-bond donors (Lipinski definition) is 0. The molecule has 1 aliphatic heterocycles. The first-order valence-corrected chi connectivity index (χ1v) is 7.68. The number of benzene rings is 1. The summed E-state index contributed by atoms with van der Waals surface area (Å²) in [6.07, 6.45) is 3.09. The van der Waals surface area contributed by atoms with Gasteiger partial charge in [-0.05, 0) is 63.8 Å². The zero-order chi connectivity index (χ0) is 12.7. The van der Waals surface area contributed by atoms with Crippen LogP contribution in [0.15, 0.2) is 16.6 Å². The molecule has 1 aromatic carbocycles. The number of nitrogens with zero attached hydrogens (tertiary/aromatic N) is 2. The number of fused-ring (bicyclic) bond motifs is 1. The molecule has 0 aliphatic carbocycles. The summed E-state index contributed by atoms with van der Waals surface area (Å²) >= 11 is 5.38. The normalized spacial score (nSPS) is 20.5. The molecule has 6 heteroatoms. The van der Waals surface area contributed by atoms with Gasteiger partial charge in [-0.25, -0.2) is 9.07 Å². The van der Waals surface area contributed by atoms with Gasteiger partial charge in [0.1, 0.15) is 9.52 Å². The molecule has 0 amide bonds.